The van der Waals surface area contributed by atoms with Crippen molar-refractivity contribution in [3.8, 4) is 11.5 Å². The molecule has 1 aliphatic rings. The number of H-pyrrole nitrogens is 1. The number of aryl methyl sites for hydroxylation is 1. The summed E-state index contributed by atoms with van der Waals surface area (Å²) in [7, 11) is 3.29. The molecule has 8 heteroatoms. The van der Waals surface area contributed by atoms with E-state index >= 15 is 0 Å². The molecule has 8 nitrogen and oxygen atoms in total. The van der Waals surface area contributed by atoms with Gasteiger partial charge >= 0.3 is 0 Å². The highest BCUT2D eigenvalue weighted by Gasteiger charge is 2.36. The summed E-state index contributed by atoms with van der Waals surface area (Å²) in [5.74, 6) is 2.95. The predicted molar refractivity (Wildman–Crippen MR) is 116 cm³/mol. The molecule has 2 atom stereocenters. The van der Waals surface area contributed by atoms with Gasteiger partial charge in [0.1, 0.15) is 17.3 Å². The molecule has 4 rings (SSSR count). The van der Waals surface area contributed by atoms with Gasteiger partial charge in [-0.3, -0.25) is 14.8 Å². The van der Waals surface area contributed by atoms with Crippen LogP contribution in [0.4, 0.5) is 0 Å². The number of rotatable bonds is 7. The summed E-state index contributed by atoms with van der Waals surface area (Å²) >= 11 is 0. The van der Waals surface area contributed by atoms with Crippen LogP contribution in [-0.4, -0.2) is 52.8 Å². The monoisotopic (exact) mass is 421 g/mol. The molecule has 2 heterocycles. The number of nitrogens with one attached hydrogen (secondary N) is 2. The topological polar surface area (TPSA) is 92.4 Å². The van der Waals surface area contributed by atoms with E-state index in [0.717, 1.165) is 35.1 Å². The molecule has 1 fully saturated rings. The van der Waals surface area contributed by atoms with E-state index in [4.69, 9.17) is 9.47 Å². The van der Waals surface area contributed by atoms with Crippen molar-refractivity contribution in [2.24, 2.45) is 0 Å². The Kier molecular flexibility index (Phi) is 6.18. The first-order chi connectivity index (χ1) is 15.1. The minimum absolute atomic E-state index is 0.0132. The summed E-state index contributed by atoms with van der Waals surface area (Å²) in [5.41, 5.74) is 1.69. The Balaban J connectivity index is 1.55. The van der Waals surface area contributed by atoms with Gasteiger partial charge in [-0.15, -0.1) is 0 Å². The van der Waals surface area contributed by atoms with Crippen molar-refractivity contribution in [1.82, 2.24) is 25.4 Å². The highest BCUT2D eigenvalue weighted by molar-refractivity contribution is 5.94. The number of nitrogens with zero attached hydrogens (tertiary/aromatic N) is 3. The van der Waals surface area contributed by atoms with E-state index in [9.17, 15) is 4.79 Å². The molecule has 162 valence electrons. The molecular weight excluding hydrogens is 394 g/mol. The standard InChI is InChI=1S/C23H27N5O3/c1-15-24-22(27-26-15)20-11-18(25-23(29)16-7-5-4-6-8-16)14-28(20)13-17-9-10-19(30-2)12-21(17)31-3/h4-10,12,18,20H,11,13-14H2,1-3H3,(H,25,29)(H,24,26,27)/t18-,20-/m0/s1. The summed E-state index contributed by atoms with van der Waals surface area (Å²) in [6, 6.07) is 15.1. The second-order valence-corrected chi connectivity index (χ2v) is 7.67. The molecular formula is C23H27N5O3. The number of likely N-dealkylation sites (tertiary alicyclic amines) is 1. The average Bonchev–Trinajstić information content (AvgIpc) is 3.40. The van der Waals surface area contributed by atoms with Crippen molar-refractivity contribution in [3.05, 3.63) is 71.3 Å². The lowest BCUT2D eigenvalue weighted by atomic mass is 10.1. The van der Waals surface area contributed by atoms with E-state index < -0.39 is 0 Å². The fourth-order valence-electron chi connectivity index (χ4n) is 4.02. The Bertz CT molecular complexity index is 1040. The minimum atomic E-state index is -0.0700. The van der Waals surface area contributed by atoms with E-state index in [1.807, 2.05) is 55.5 Å². The molecule has 3 aromatic rings. The number of carbonyl (C=O) groups is 1. The summed E-state index contributed by atoms with van der Waals surface area (Å²) < 4.78 is 10.9. The number of hydrogen-bond donors (Lipinski definition) is 2. The normalized spacial score (nSPS) is 18.7. The van der Waals surface area contributed by atoms with Gasteiger partial charge in [-0.25, -0.2) is 4.98 Å². The summed E-state index contributed by atoms with van der Waals surface area (Å²) in [5, 5.41) is 10.5. The van der Waals surface area contributed by atoms with Crippen molar-refractivity contribution < 1.29 is 14.3 Å². The molecule has 1 aliphatic heterocycles. The second-order valence-electron chi connectivity index (χ2n) is 7.67. The number of benzene rings is 2. The third-order valence-corrected chi connectivity index (χ3v) is 5.55. The van der Waals surface area contributed by atoms with E-state index in [0.29, 0.717) is 18.7 Å². The van der Waals surface area contributed by atoms with Gasteiger partial charge in [0.15, 0.2) is 5.82 Å². The van der Waals surface area contributed by atoms with Crippen molar-refractivity contribution in [2.75, 3.05) is 20.8 Å². The first kappa shape index (κ1) is 20.9. The molecule has 1 saturated heterocycles. The predicted octanol–water partition coefficient (Wildman–Crippen LogP) is 2.88. The fourth-order valence-corrected chi connectivity index (χ4v) is 4.02. The summed E-state index contributed by atoms with van der Waals surface area (Å²) in [6.07, 6.45) is 0.730. The van der Waals surface area contributed by atoms with Gasteiger partial charge in [0.2, 0.25) is 0 Å². The molecule has 31 heavy (non-hydrogen) atoms. The van der Waals surface area contributed by atoms with Gasteiger partial charge in [-0.05, 0) is 31.5 Å². The number of methoxy groups -OCH3 is 2. The average molecular weight is 422 g/mol. The van der Waals surface area contributed by atoms with Crippen LogP contribution >= 0.6 is 0 Å². The third kappa shape index (κ3) is 4.69. The molecule has 0 aliphatic carbocycles. The maximum absolute atomic E-state index is 12.7. The molecule has 0 spiro atoms. The highest BCUT2D eigenvalue weighted by Crippen LogP contribution is 2.34. The molecule has 1 aromatic heterocycles. The zero-order valence-corrected chi connectivity index (χ0v) is 18.0. The molecule has 1 amide bonds. The molecule has 0 radical (unpaired) electrons. The zero-order valence-electron chi connectivity index (χ0n) is 18.0. The molecule has 0 bridgehead atoms. The maximum Gasteiger partial charge on any atom is 0.251 e. The quantitative estimate of drug-likeness (QED) is 0.610. The Hall–Kier alpha value is -3.39. The molecule has 2 N–H and O–H groups in total. The van der Waals surface area contributed by atoms with Crippen LogP contribution in [0.3, 0.4) is 0 Å². The Morgan fingerprint density at radius 2 is 2.00 bits per heavy atom. The van der Waals surface area contributed by atoms with Gasteiger partial charge in [0, 0.05) is 36.3 Å². The van der Waals surface area contributed by atoms with Crippen molar-refractivity contribution in [3.63, 3.8) is 0 Å². The Morgan fingerprint density at radius 1 is 1.19 bits per heavy atom. The van der Waals surface area contributed by atoms with Gasteiger partial charge < -0.3 is 14.8 Å². The van der Waals surface area contributed by atoms with Gasteiger partial charge in [0.05, 0.1) is 20.3 Å². The number of aromatic nitrogens is 3. The SMILES string of the molecule is COc1ccc(CN2C[C@@H](NC(=O)c3ccccc3)C[C@H]2c2n[nH]c(C)n2)c(OC)c1. The third-order valence-electron chi connectivity index (χ3n) is 5.55. The Morgan fingerprint density at radius 3 is 2.68 bits per heavy atom. The molecule has 0 saturated carbocycles. The number of carbonyl (C=O) groups excluding carboxylic acids is 1. The van der Waals surface area contributed by atoms with Crippen molar-refractivity contribution in [2.45, 2.75) is 32.0 Å². The van der Waals surface area contributed by atoms with E-state index in [-0.39, 0.29) is 18.0 Å². The lowest BCUT2D eigenvalue weighted by Gasteiger charge is -2.23. The largest absolute Gasteiger partial charge is 0.497 e. The minimum Gasteiger partial charge on any atom is -0.497 e. The highest BCUT2D eigenvalue weighted by atomic mass is 16.5. The lowest BCUT2D eigenvalue weighted by Crippen LogP contribution is -2.37. The van der Waals surface area contributed by atoms with Crippen LogP contribution in [0.25, 0.3) is 0 Å². The smallest absolute Gasteiger partial charge is 0.251 e. The van der Waals surface area contributed by atoms with Crippen LogP contribution in [0.15, 0.2) is 48.5 Å². The summed E-state index contributed by atoms with van der Waals surface area (Å²) in [4.78, 5) is 19.5. The van der Waals surface area contributed by atoms with Crippen LogP contribution < -0.4 is 14.8 Å². The second kappa shape index (κ2) is 9.18. The van der Waals surface area contributed by atoms with Crippen molar-refractivity contribution in [1.29, 1.82) is 0 Å². The van der Waals surface area contributed by atoms with Crippen molar-refractivity contribution >= 4 is 5.91 Å². The van der Waals surface area contributed by atoms with Crippen LogP contribution in [-0.2, 0) is 6.54 Å². The Labute approximate surface area is 181 Å². The molecule has 2 aromatic carbocycles. The van der Waals surface area contributed by atoms with Crippen LogP contribution in [0, 0.1) is 6.92 Å². The number of aromatic amines is 1. The number of ether oxygens (including phenoxy) is 2. The zero-order chi connectivity index (χ0) is 21.8. The summed E-state index contributed by atoms with van der Waals surface area (Å²) in [6.45, 7) is 3.21. The fraction of sp³-hybridized carbons (Fsp3) is 0.348. The first-order valence-electron chi connectivity index (χ1n) is 10.3. The maximum atomic E-state index is 12.7. The van der Waals surface area contributed by atoms with Crippen LogP contribution in [0.5, 0.6) is 11.5 Å². The first-order valence-corrected chi connectivity index (χ1v) is 10.3. The van der Waals surface area contributed by atoms with E-state index in [1.54, 1.807) is 14.2 Å². The van der Waals surface area contributed by atoms with Crippen LogP contribution in [0.2, 0.25) is 0 Å². The lowest BCUT2D eigenvalue weighted by molar-refractivity contribution is 0.0937. The molecule has 0 unspecified atom stereocenters. The number of amides is 1. The van der Waals surface area contributed by atoms with Gasteiger partial charge in [-0.2, -0.15) is 5.10 Å². The van der Waals surface area contributed by atoms with Gasteiger partial charge in [0.25, 0.3) is 5.91 Å². The van der Waals surface area contributed by atoms with E-state index in [1.165, 1.54) is 0 Å². The number of hydrogen-bond acceptors (Lipinski definition) is 6. The van der Waals surface area contributed by atoms with Gasteiger partial charge in [-0.1, -0.05) is 24.3 Å². The van der Waals surface area contributed by atoms with E-state index in [2.05, 4.69) is 25.4 Å². The van der Waals surface area contributed by atoms with Crippen LogP contribution in [0.1, 0.15) is 40.0 Å².